The standard InChI is InChI=1S/C23H20N6O3S/c1-32-19-9-5-6-17(21(19)31)14-25-26-20(30)15-33-23-28-27-22(16-10-12-24-13-11-16)29(23)18-7-3-2-4-8-18/h2-14,31H,15H2,1H3,(H,26,30). The number of nitrogens with one attached hydrogen (secondary N) is 1. The van der Waals surface area contributed by atoms with Gasteiger partial charge in [0.25, 0.3) is 5.91 Å². The highest BCUT2D eigenvalue weighted by Gasteiger charge is 2.17. The van der Waals surface area contributed by atoms with Crippen LogP contribution >= 0.6 is 11.8 Å². The average Bonchev–Trinajstić information content (AvgIpc) is 3.29. The number of ether oxygens (including phenoxy) is 1. The Kier molecular flexibility index (Phi) is 6.96. The first-order valence-corrected chi connectivity index (χ1v) is 10.9. The molecule has 0 radical (unpaired) electrons. The molecular formula is C23H20N6O3S. The number of carbonyl (C=O) groups excluding carboxylic acids is 1. The van der Waals surface area contributed by atoms with E-state index in [1.807, 2.05) is 47.0 Å². The van der Waals surface area contributed by atoms with Crippen LogP contribution in [0.25, 0.3) is 17.1 Å². The topological polar surface area (TPSA) is 115 Å². The first-order chi connectivity index (χ1) is 16.2. The van der Waals surface area contributed by atoms with Crippen LogP contribution in [-0.4, -0.2) is 49.8 Å². The minimum absolute atomic E-state index is 0.0491. The lowest BCUT2D eigenvalue weighted by atomic mass is 10.2. The second-order valence-corrected chi connectivity index (χ2v) is 7.64. The van der Waals surface area contributed by atoms with Crippen LogP contribution in [0.15, 0.2) is 83.3 Å². The number of benzene rings is 2. The van der Waals surface area contributed by atoms with Crippen molar-refractivity contribution >= 4 is 23.9 Å². The van der Waals surface area contributed by atoms with Crippen molar-refractivity contribution in [2.45, 2.75) is 5.16 Å². The van der Waals surface area contributed by atoms with Crippen LogP contribution < -0.4 is 10.2 Å². The summed E-state index contributed by atoms with van der Waals surface area (Å²) >= 11 is 1.24. The van der Waals surface area contributed by atoms with Crippen LogP contribution in [0.1, 0.15) is 5.56 Å². The van der Waals surface area contributed by atoms with E-state index in [1.54, 1.807) is 30.6 Å². The van der Waals surface area contributed by atoms with Gasteiger partial charge in [0.15, 0.2) is 22.5 Å². The van der Waals surface area contributed by atoms with Crippen LogP contribution in [0.3, 0.4) is 0 Å². The van der Waals surface area contributed by atoms with Gasteiger partial charge in [0.2, 0.25) is 0 Å². The van der Waals surface area contributed by atoms with E-state index in [0.717, 1.165) is 11.3 Å². The van der Waals surface area contributed by atoms with Gasteiger partial charge in [-0.3, -0.25) is 14.3 Å². The molecular weight excluding hydrogens is 440 g/mol. The average molecular weight is 461 g/mol. The van der Waals surface area contributed by atoms with Gasteiger partial charge in [-0.1, -0.05) is 36.0 Å². The number of hydrogen-bond donors (Lipinski definition) is 2. The maximum absolute atomic E-state index is 12.3. The van der Waals surface area contributed by atoms with Gasteiger partial charge in [-0.05, 0) is 36.4 Å². The molecule has 1 amide bonds. The predicted molar refractivity (Wildman–Crippen MR) is 126 cm³/mol. The molecule has 0 aliphatic heterocycles. The Hall–Kier alpha value is -4.18. The second kappa shape index (κ2) is 10.4. The van der Waals surface area contributed by atoms with Gasteiger partial charge in [-0.15, -0.1) is 10.2 Å². The van der Waals surface area contributed by atoms with E-state index in [4.69, 9.17) is 4.74 Å². The Morgan fingerprint density at radius 3 is 2.67 bits per heavy atom. The zero-order valence-electron chi connectivity index (χ0n) is 17.6. The van der Waals surface area contributed by atoms with Crippen molar-refractivity contribution < 1.29 is 14.6 Å². The number of thioether (sulfide) groups is 1. The fraction of sp³-hybridized carbons (Fsp3) is 0.0870. The van der Waals surface area contributed by atoms with Crippen molar-refractivity contribution in [3.8, 4) is 28.6 Å². The first kappa shape index (κ1) is 22.0. The molecule has 0 bridgehead atoms. The molecule has 2 aromatic heterocycles. The van der Waals surface area contributed by atoms with Crippen LogP contribution in [0.2, 0.25) is 0 Å². The molecule has 10 heteroatoms. The lowest BCUT2D eigenvalue weighted by molar-refractivity contribution is -0.118. The van der Waals surface area contributed by atoms with Gasteiger partial charge >= 0.3 is 0 Å². The number of carbonyl (C=O) groups is 1. The fourth-order valence-electron chi connectivity index (χ4n) is 3.01. The minimum atomic E-state index is -0.327. The molecule has 166 valence electrons. The molecule has 0 saturated carbocycles. The summed E-state index contributed by atoms with van der Waals surface area (Å²) in [5, 5.41) is 23.2. The van der Waals surface area contributed by atoms with E-state index < -0.39 is 0 Å². The summed E-state index contributed by atoms with van der Waals surface area (Å²) in [7, 11) is 1.46. The molecule has 4 rings (SSSR count). The van der Waals surface area contributed by atoms with Crippen molar-refractivity contribution in [1.29, 1.82) is 0 Å². The molecule has 0 aliphatic rings. The first-order valence-electron chi connectivity index (χ1n) is 9.89. The van der Waals surface area contributed by atoms with Gasteiger partial charge in [-0.2, -0.15) is 5.10 Å². The van der Waals surface area contributed by atoms with Crippen LogP contribution in [0.5, 0.6) is 11.5 Å². The number of rotatable bonds is 8. The number of methoxy groups -OCH3 is 1. The highest BCUT2D eigenvalue weighted by Crippen LogP contribution is 2.28. The van der Waals surface area contributed by atoms with Crippen LogP contribution in [0.4, 0.5) is 0 Å². The van der Waals surface area contributed by atoms with E-state index in [-0.39, 0.29) is 17.4 Å². The fourth-order valence-corrected chi connectivity index (χ4v) is 3.75. The lowest BCUT2D eigenvalue weighted by Crippen LogP contribution is -2.20. The normalized spacial score (nSPS) is 10.9. The summed E-state index contributed by atoms with van der Waals surface area (Å²) in [6, 6.07) is 18.4. The third-order valence-electron chi connectivity index (χ3n) is 4.56. The predicted octanol–water partition coefficient (Wildman–Crippen LogP) is 3.29. The van der Waals surface area contributed by atoms with Gasteiger partial charge in [-0.25, -0.2) is 5.43 Å². The third-order valence-corrected chi connectivity index (χ3v) is 5.49. The summed E-state index contributed by atoms with van der Waals surface area (Å²) < 4.78 is 6.95. The maximum atomic E-state index is 12.3. The van der Waals surface area contributed by atoms with Crippen molar-refractivity contribution in [3.05, 3.63) is 78.6 Å². The number of pyridine rings is 1. The third kappa shape index (κ3) is 5.18. The molecule has 0 fully saturated rings. The van der Waals surface area contributed by atoms with Crippen molar-refractivity contribution in [1.82, 2.24) is 25.2 Å². The minimum Gasteiger partial charge on any atom is -0.504 e. The molecule has 0 spiro atoms. The number of aromatic hydroxyl groups is 1. The number of amides is 1. The summed E-state index contributed by atoms with van der Waals surface area (Å²) in [6.45, 7) is 0. The number of hydrogen-bond acceptors (Lipinski definition) is 8. The molecule has 2 N–H and O–H groups in total. The smallest absolute Gasteiger partial charge is 0.250 e. The number of para-hydroxylation sites is 2. The zero-order valence-corrected chi connectivity index (χ0v) is 18.4. The van der Waals surface area contributed by atoms with E-state index in [2.05, 4.69) is 25.7 Å². The monoisotopic (exact) mass is 460 g/mol. The van der Waals surface area contributed by atoms with Gasteiger partial charge in [0, 0.05) is 29.2 Å². The number of aromatic nitrogens is 4. The van der Waals surface area contributed by atoms with E-state index in [9.17, 15) is 9.90 Å². The Morgan fingerprint density at radius 1 is 1.12 bits per heavy atom. The zero-order chi connectivity index (χ0) is 23.0. The highest BCUT2D eigenvalue weighted by molar-refractivity contribution is 7.99. The van der Waals surface area contributed by atoms with Crippen molar-refractivity contribution in [2.24, 2.45) is 5.10 Å². The molecule has 33 heavy (non-hydrogen) atoms. The van der Waals surface area contributed by atoms with Gasteiger partial charge < -0.3 is 9.84 Å². The molecule has 0 aliphatic carbocycles. The number of hydrazone groups is 1. The summed E-state index contributed by atoms with van der Waals surface area (Å²) in [5.74, 6) is 0.672. The Morgan fingerprint density at radius 2 is 1.91 bits per heavy atom. The summed E-state index contributed by atoms with van der Waals surface area (Å²) in [6.07, 6.45) is 4.74. The molecule has 0 unspecified atom stereocenters. The molecule has 2 aromatic carbocycles. The van der Waals surface area contributed by atoms with E-state index in [0.29, 0.717) is 22.3 Å². The Bertz CT molecular complexity index is 1260. The Balaban J connectivity index is 1.47. The number of nitrogens with zero attached hydrogens (tertiary/aromatic N) is 5. The highest BCUT2D eigenvalue weighted by atomic mass is 32.2. The SMILES string of the molecule is COc1cccc(C=NNC(=O)CSc2nnc(-c3ccncc3)n2-c2ccccc2)c1O. The quantitative estimate of drug-likeness (QED) is 0.236. The molecule has 2 heterocycles. The Labute approximate surface area is 194 Å². The molecule has 0 saturated heterocycles. The van der Waals surface area contributed by atoms with Crippen LogP contribution in [0, 0.1) is 0 Å². The molecule has 9 nitrogen and oxygen atoms in total. The van der Waals surface area contributed by atoms with Gasteiger partial charge in [0.05, 0.1) is 19.1 Å². The number of phenolic OH excluding ortho intramolecular Hbond substituents is 1. The van der Waals surface area contributed by atoms with Crippen molar-refractivity contribution in [2.75, 3.05) is 12.9 Å². The van der Waals surface area contributed by atoms with Crippen molar-refractivity contribution in [3.63, 3.8) is 0 Å². The maximum Gasteiger partial charge on any atom is 0.250 e. The summed E-state index contributed by atoms with van der Waals surface area (Å²) in [4.78, 5) is 16.4. The van der Waals surface area contributed by atoms with E-state index in [1.165, 1.54) is 25.1 Å². The number of phenols is 1. The second-order valence-electron chi connectivity index (χ2n) is 6.69. The molecule has 4 aromatic rings. The van der Waals surface area contributed by atoms with Crippen LogP contribution in [-0.2, 0) is 4.79 Å². The lowest BCUT2D eigenvalue weighted by Gasteiger charge is -2.10. The van der Waals surface area contributed by atoms with Gasteiger partial charge in [0.1, 0.15) is 0 Å². The van der Waals surface area contributed by atoms with E-state index >= 15 is 0 Å². The molecule has 0 atom stereocenters. The largest absolute Gasteiger partial charge is 0.504 e. The summed E-state index contributed by atoms with van der Waals surface area (Å²) in [5.41, 5.74) is 4.62.